The molecule has 0 N–H and O–H groups in total. The molecule has 1 saturated carbocycles. The van der Waals surface area contributed by atoms with Gasteiger partial charge in [0, 0.05) is 19.0 Å². The van der Waals surface area contributed by atoms with Gasteiger partial charge in [0.1, 0.15) is 0 Å². The molecule has 2 aromatic rings. The van der Waals surface area contributed by atoms with Crippen LogP contribution in [0.3, 0.4) is 0 Å². The van der Waals surface area contributed by atoms with Gasteiger partial charge in [-0.15, -0.1) is 0 Å². The van der Waals surface area contributed by atoms with Crippen molar-refractivity contribution in [1.82, 2.24) is 9.78 Å². The predicted octanol–water partition coefficient (Wildman–Crippen LogP) is 4.53. The predicted molar refractivity (Wildman–Crippen MR) is 86.5 cm³/mol. The Morgan fingerprint density at radius 1 is 1.04 bits per heavy atom. The molecule has 2 aliphatic rings. The van der Waals surface area contributed by atoms with E-state index in [-0.39, 0.29) is 13.0 Å². The van der Waals surface area contributed by atoms with Gasteiger partial charge in [-0.05, 0) is 31.4 Å². The highest BCUT2D eigenvalue weighted by atomic mass is 19.4. The number of para-hydroxylation sites is 1. The lowest BCUT2D eigenvalue weighted by Crippen LogP contribution is -2.28. The highest BCUT2D eigenvalue weighted by Crippen LogP contribution is 2.43. The molecule has 1 saturated heterocycles. The highest BCUT2D eigenvalue weighted by molar-refractivity contribution is 5.54. The number of aromatic nitrogens is 2. The van der Waals surface area contributed by atoms with Gasteiger partial charge in [0.2, 0.25) is 0 Å². The summed E-state index contributed by atoms with van der Waals surface area (Å²) in [4.78, 5) is 1.87. The van der Waals surface area contributed by atoms with Crippen molar-refractivity contribution in [2.24, 2.45) is 5.92 Å². The average Bonchev–Trinajstić information content (AvgIpc) is 3.12. The van der Waals surface area contributed by atoms with Crippen molar-refractivity contribution in [1.29, 1.82) is 0 Å². The van der Waals surface area contributed by atoms with Gasteiger partial charge >= 0.3 is 6.18 Å². The third-order valence-corrected chi connectivity index (χ3v) is 5.23. The lowest BCUT2D eigenvalue weighted by molar-refractivity contribution is -0.168. The summed E-state index contributed by atoms with van der Waals surface area (Å²) in [5, 5.41) is 4.73. The molecule has 0 bridgehead atoms. The van der Waals surface area contributed by atoms with Crippen LogP contribution in [-0.2, 0) is 0 Å². The molecule has 2 heterocycles. The normalized spacial score (nSPS) is 22.0. The zero-order valence-corrected chi connectivity index (χ0v) is 13.3. The fraction of sp³-hybridized carbons (Fsp3) is 0.500. The minimum absolute atomic E-state index is 0.0453. The van der Waals surface area contributed by atoms with Crippen molar-refractivity contribution < 1.29 is 13.2 Å². The Morgan fingerprint density at radius 3 is 2.38 bits per heavy atom. The minimum atomic E-state index is -4.11. The van der Waals surface area contributed by atoms with E-state index in [0.717, 1.165) is 29.9 Å². The first-order valence-corrected chi connectivity index (χ1v) is 8.49. The van der Waals surface area contributed by atoms with Crippen LogP contribution < -0.4 is 4.90 Å². The molecule has 24 heavy (non-hydrogen) atoms. The van der Waals surface area contributed by atoms with Gasteiger partial charge in [-0.1, -0.05) is 24.6 Å². The molecular formula is C18H20F3N3. The van der Waals surface area contributed by atoms with Gasteiger partial charge in [-0.25, -0.2) is 4.68 Å². The van der Waals surface area contributed by atoms with Crippen molar-refractivity contribution in [3.05, 3.63) is 42.2 Å². The van der Waals surface area contributed by atoms with Crippen molar-refractivity contribution in [3.63, 3.8) is 0 Å². The monoisotopic (exact) mass is 335 g/mol. The number of rotatable bonds is 3. The second-order valence-electron chi connectivity index (χ2n) is 6.78. The number of nitrogens with zero attached hydrogens (tertiary/aromatic N) is 3. The van der Waals surface area contributed by atoms with E-state index in [4.69, 9.17) is 5.10 Å². The SMILES string of the molecule is FC(F)(F)C1CCN(c2cn(-c3ccccc3)nc2C2CCC2)C1. The van der Waals surface area contributed by atoms with Crippen molar-refractivity contribution in [2.75, 3.05) is 18.0 Å². The Labute approximate surface area is 139 Å². The standard InChI is InChI=1S/C18H20F3N3/c19-18(20,21)14-9-10-23(11-14)16-12-24(15-7-2-1-3-8-15)22-17(16)13-5-4-6-13/h1-3,7-8,12-14H,4-6,9-11H2. The number of halogens is 3. The van der Waals surface area contributed by atoms with Crippen LogP contribution in [0.15, 0.2) is 36.5 Å². The summed E-state index contributed by atoms with van der Waals surface area (Å²) in [5.74, 6) is -0.846. The zero-order valence-electron chi connectivity index (χ0n) is 13.3. The fourth-order valence-electron chi connectivity index (χ4n) is 3.55. The van der Waals surface area contributed by atoms with Gasteiger partial charge in [0.25, 0.3) is 0 Å². The Bertz CT molecular complexity index is 704. The lowest BCUT2D eigenvalue weighted by Gasteiger charge is -2.27. The summed E-state index contributed by atoms with van der Waals surface area (Å²) in [7, 11) is 0. The molecule has 0 radical (unpaired) electrons. The molecule has 6 heteroatoms. The fourth-order valence-corrected chi connectivity index (χ4v) is 3.55. The third-order valence-electron chi connectivity index (χ3n) is 5.23. The molecule has 1 aliphatic carbocycles. The van der Waals surface area contributed by atoms with Gasteiger partial charge in [-0.3, -0.25) is 0 Å². The maximum Gasteiger partial charge on any atom is 0.393 e. The summed E-state index contributed by atoms with van der Waals surface area (Å²) in [5.41, 5.74) is 2.79. The Hall–Kier alpha value is -1.98. The van der Waals surface area contributed by atoms with Crippen LogP contribution in [0, 0.1) is 5.92 Å². The molecule has 4 rings (SSSR count). The largest absolute Gasteiger partial charge is 0.393 e. The van der Waals surface area contributed by atoms with E-state index in [1.54, 1.807) is 0 Å². The number of alkyl halides is 3. The van der Waals surface area contributed by atoms with Crippen LogP contribution in [-0.4, -0.2) is 29.0 Å². The Kier molecular flexibility index (Phi) is 3.77. The molecule has 3 nitrogen and oxygen atoms in total. The van der Waals surface area contributed by atoms with Crippen molar-refractivity contribution in [2.45, 2.75) is 37.8 Å². The highest BCUT2D eigenvalue weighted by Gasteiger charge is 2.44. The molecule has 1 atom stereocenters. The lowest BCUT2D eigenvalue weighted by atomic mass is 9.82. The average molecular weight is 335 g/mol. The van der Waals surface area contributed by atoms with Crippen LogP contribution in [0.25, 0.3) is 5.69 Å². The number of anilines is 1. The maximum atomic E-state index is 13.0. The first-order chi connectivity index (χ1) is 11.5. The van der Waals surface area contributed by atoms with E-state index >= 15 is 0 Å². The van der Waals surface area contributed by atoms with Crippen molar-refractivity contribution in [3.8, 4) is 5.69 Å². The van der Waals surface area contributed by atoms with E-state index in [2.05, 4.69) is 0 Å². The topological polar surface area (TPSA) is 21.1 Å². The maximum absolute atomic E-state index is 13.0. The number of hydrogen-bond donors (Lipinski definition) is 0. The molecule has 1 aromatic carbocycles. The molecule has 1 aromatic heterocycles. The smallest absolute Gasteiger partial charge is 0.368 e. The first-order valence-electron chi connectivity index (χ1n) is 8.49. The molecule has 2 fully saturated rings. The summed E-state index contributed by atoms with van der Waals surface area (Å²) in [6.07, 6.45) is 1.30. The second kappa shape index (κ2) is 5.83. The van der Waals surface area contributed by atoms with Crippen LogP contribution in [0.2, 0.25) is 0 Å². The third kappa shape index (κ3) is 2.78. The Morgan fingerprint density at radius 2 is 1.79 bits per heavy atom. The van der Waals surface area contributed by atoms with Gasteiger partial charge < -0.3 is 4.90 Å². The number of hydrogen-bond acceptors (Lipinski definition) is 2. The summed E-state index contributed by atoms with van der Waals surface area (Å²) < 4.78 is 40.8. The minimum Gasteiger partial charge on any atom is -0.368 e. The summed E-state index contributed by atoms with van der Waals surface area (Å²) in [6.45, 7) is 0.494. The van der Waals surface area contributed by atoms with E-state index in [9.17, 15) is 13.2 Å². The summed E-state index contributed by atoms with van der Waals surface area (Å²) >= 11 is 0. The molecular weight excluding hydrogens is 315 g/mol. The van der Waals surface area contributed by atoms with Gasteiger partial charge in [-0.2, -0.15) is 18.3 Å². The Balaban J connectivity index is 1.65. The molecule has 0 amide bonds. The van der Waals surface area contributed by atoms with E-state index < -0.39 is 12.1 Å². The molecule has 128 valence electrons. The van der Waals surface area contributed by atoms with Crippen LogP contribution in [0.4, 0.5) is 18.9 Å². The van der Waals surface area contributed by atoms with Crippen LogP contribution in [0.5, 0.6) is 0 Å². The van der Waals surface area contributed by atoms with Crippen LogP contribution in [0.1, 0.15) is 37.3 Å². The van der Waals surface area contributed by atoms with E-state index in [0.29, 0.717) is 12.5 Å². The van der Waals surface area contributed by atoms with Gasteiger partial charge in [0.15, 0.2) is 0 Å². The molecule has 1 unspecified atom stereocenters. The van der Waals surface area contributed by atoms with Crippen molar-refractivity contribution >= 4 is 5.69 Å². The van der Waals surface area contributed by atoms with E-state index in [1.807, 2.05) is 46.1 Å². The quantitative estimate of drug-likeness (QED) is 0.822. The summed E-state index contributed by atoms with van der Waals surface area (Å²) in [6, 6.07) is 9.74. The second-order valence-corrected chi connectivity index (χ2v) is 6.78. The zero-order chi connectivity index (χ0) is 16.7. The van der Waals surface area contributed by atoms with Gasteiger partial charge in [0.05, 0.1) is 29.2 Å². The molecule has 0 spiro atoms. The molecule has 1 aliphatic heterocycles. The van der Waals surface area contributed by atoms with Crippen LogP contribution >= 0.6 is 0 Å². The first kappa shape index (κ1) is 15.5. The number of benzene rings is 1. The van der Waals surface area contributed by atoms with E-state index in [1.165, 1.54) is 6.42 Å².